The van der Waals surface area contributed by atoms with Gasteiger partial charge >= 0.3 is 35.8 Å². The average molecular weight is 2540 g/mol. The molecule has 3 amide bonds. The number of ether oxygens (including phenoxy) is 7. The fourth-order valence-corrected chi connectivity index (χ4v) is 12.0. The Labute approximate surface area is 936 Å². The maximum atomic E-state index is 12.2. The van der Waals surface area contributed by atoms with Gasteiger partial charge in [0.1, 0.15) is 59.5 Å². The van der Waals surface area contributed by atoms with Crippen LogP contribution in [0.1, 0.15) is 189 Å². The summed E-state index contributed by atoms with van der Waals surface area (Å²) < 4.78 is 92.0. The van der Waals surface area contributed by atoms with Crippen LogP contribution in [0.4, 0.5) is 11.4 Å². The first-order valence-corrected chi connectivity index (χ1v) is 54.2. The molecule has 0 spiro atoms. The molecule has 1 aliphatic heterocycles. The van der Waals surface area contributed by atoms with Crippen LogP contribution in [0.15, 0.2) is 205 Å². The van der Waals surface area contributed by atoms with Gasteiger partial charge in [0.15, 0.2) is 29.2 Å². The molecule has 37 nitrogen and oxygen atoms in total. The van der Waals surface area contributed by atoms with Gasteiger partial charge in [-0.3, -0.25) is 18.6 Å². The summed E-state index contributed by atoms with van der Waals surface area (Å²) >= 11 is 20.7. The number of carbonyl (C=O) groups is 9. The van der Waals surface area contributed by atoms with Gasteiger partial charge in [-0.05, 0) is 241 Å². The number of hydrogen-bond donors (Lipinski definition) is 2. The minimum absolute atomic E-state index is 0.0161. The van der Waals surface area contributed by atoms with E-state index in [4.69, 9.17) is 100 Å². The van der Waals surface area contributed by atoms with Gasteiger partial charge in [0.2, 0.25) is 5.91 Å². The molecule has 846 valence electrons. The molecule has 4 aromatic rings. The van der Waals surface area contributed by atoms with Gasteiger partial charge in [-0.15, -0.1) is 6.58 Å². The molecule has 0 bridgehead atoms. The van der Waals surface area contributed by atoms with Gasteiger partial charge in [0.25, 0.3) is 32.1 Å². The maximum Gasteiger partial charge on any atom is 0.339 e. The number of anilines is 2. The number of benzene rings is 4. The fourth-order valence-electron chi connectivity index (χ4n) is 9.22. The monoisotopic (exact) mass is 2540 g/mol. The summed E-state index contributed by atoms with van der Waals surface area (Å²) in [6.45, 7) is 76.0. The number of rotatable bonds is 57. The summed E-state index contributed by atoms with van der Waals surface area (Å²) in [7, 11) is -8.21. The molecule has 45 heteroatoms. The predicted octanol–water partition coefficient (Wildman–Crippen LogP) is 21.0. The van der Waals surface area contributed by atoms with E-state index in [1.54, 1.807) is 96.1 Å². The van der Waals surface area contributed by atoms with Crippen molar-refractivity contribution in [3.63, 3.8) is 0 Å². The SMILES string of the molecule is C=C(C)C(=O)N1CCC(OOCC(C)(C)Br)CC1.C=C(C)C(=O)Nc1ccc(OOCC(C)(C)Br)cc1.C=C(C)C(=O)Nc1ccccc1COOCC(C)(C)Br.C=C(C)C(=O)OCC(C)(COOCC(C)(C)Br)OOCC(C)(C)Br.C=C(C)C(=O)OCCOC(=O)C(C)(C)OS(=O)(=O)c1ccc(C)cc1.C=C(C)C(=O)OCCOC(=O)C(C)OS(=O)(=O)c1ccc(C)cc1.C=CCOCC(COC(=O)C(=C)C)OOCC(C)(C)Br. The molecule has 150 heavy (non-hydrogen) atoms. The summed E-state index contributed by atoms with van der Waals surface area (Å²) in [6.07, 6.45) is 1.48. The Hall–Kier alpha value is -7.95. The van der Waals surface area contributed by atoms with E-state index in [0.29, 0.717) is 104 Å². The van der Waals surface area contributed by atoms with E-state index in [1.807, 2.05) is 126 Å². The lowest BCUT2D eigenvalue weighted by Crippen LogP contribution is -2.41. The van der Waals surface area contributed by atoms with Crippen molar-refractivity contribution in [1.82, 2.24) is 4.90 Å². The molecule has 1 aliphatic rings. The molecule has 4 aromatic carbocycles. The highest BCUT2D eigenvalue weighted by Gasteiger charge is 2.38. The molecule has 0 aromatic heterocycles. The molecule has 1 fully saturated rings. The summed E-state index contributed by atoms with van der Waals surface area (Å²) in [5.74, 6) is -3.75. The van der Waals surface area contributed by atoms with Crippen LogP contribution in [0.2, 0.25) is 0 Å². The molecule has 1 saturated heterocycles. The van der Waals surface area contributed by atoms with Gasteiger partial charge in [-0.1, -0.05) is 201 Å². The smallest absolute Gasteiger partial charge is 0.339 e. The second-order valence-electron chi connectivity index (χ2n) is 38.3. The zero-order valence-electron chi connectivity index (χ0n) is 90.8. The number of likely N-dealkylation sites (tertiary alicyclic amines) is 1. The van der Waals surface area contributed by atoms with E-state index < -0.39 is 79.5 Å². The number of halogens is 6. The lowest BCUT2D eigenvalue weighted by Gasteiger charge is -2.31. The van der Waals surface area contributed by atoms with Crippen molar-refractivity contribution in [2.24, 2.45) is 0 Å². The average Bonchev–Trinajstić information content (AvgIpc) is 0.806. The highest BCUT2D eigenvalue weighted by atomic mass is 79.9. The first kappa shape index (κ1) is 144. The molecular weight excluding hydrogens is 2390 g/mol. The summed E-state index contributed by atoms with van der Waals surface area (Å²) in [5.41, 5.74) is 3.83. The van der Waals surface area contributed by atoms with E-state index >= 15 is 0 Å². The molecule has 2 N–H and O–H groups in total. The third kappa shape index (κ3) is 73.4. The maximum absolute atomic E-state index is 12.2. The van der Waals surface area contributed by atoms with Crippen molar-refractivity contribution in [2.75, 3.05) is 123 Å². The van der Waals surface area contributed by atoms with Crippen LogP contribution in [-0.4, -0.2) is 243 Å². The van der Waals surface area contributed by atoms with Crippen molar-refractivity contribution in [1.29, 1.82) is 0 Å². The van der Waals surface area contributed by atoms with Crippen molar-refractivity contribution in [2.45, 2.75) is 258 Å². The minimum Gasteiger partial charge on any atom is -0.460 e. The van der Waals surface area contributed by atoms with E-state index in [0.717, 1.165) is 29.5 Å². The minimum atomic E-state index is -4.13. The lowest BCUT2D eigenvalue weighted by molar-refractivity contribution is -0.401. The number of piperidine rings is 1. The number of nitrogens with one attached hydrogen (secondary N) is 2. The van der Waals surface area contributed by atoms with Gasteiger partial charge < -0.3 is 53.6 Å². The second kappa shape index (κ2) is 72.0. The fraction of sp³-hybridized carbons (Fsp3) is 0.533. The molecule has 0 radical (unpaired) electrons. The number of carbonyl (C=O) groups excluding carboxylic acids is 9. The lowest BCUT2D eigenvalue weighted by atomic mass is 10.1. The summed E-state index contributed by atoms with van der Waals surface area (Å²) in [6, 6.07) is 26.4. The van der Waals surface area contributed by atoms with E-state index in [2.05, 4.69) is 159 Å². The third-order valence-electron chi connectivity index (χ3n) is 17.2. The Morgan fingerprint density at radius 1 is 0.440 bits per heavy atom. The van der Waals surface area contributed by atoms with Crippen LogP contribution in [0.5, 0.6) is 5.75 Å². The number of para-hydroxylation sites is 1. The first-order chi connectivity index (χ1) is 68.9. The van der Waals surface area contributed by atoms with Gasteiger partial charge in [-0.25, -0.2) is 81.8 Å². The first-order valence-electron chi connectivity index (χ1n) is 46.7. The molecule has 0 aliphatic carbocycles. The normalized spacial score (nSPS) is 13.0. The number of alkyl halides is 6. The Kier molecular flexibility index (Phi) is 69.1. The number of amides is 3. The van der Waals surface area contributed by atoms with Crippen LogP contribution in [0.3, 0.4) is 0 Å². The number of esters is 6. The van der Waals surface area contributed by atoms with Gasteiger partial charge in [0.05, 0.1) is 62.1 Å². The van der Waals surface area contributed by atoms with Crippen molar-refractivity contribution < 1.29 is 160 Å². The Morgan fingerprint density at radius 3 is 1.31 bits per heavy atom. The number of nitrogens with zero attached hydrogens (tertiary/aromatic N) is 1. The van der Waals surface area contributed by atoms with Crippen molar-refractivity contribution in [3.05, 3.63) is 211 Å². The molecule has 1 heterocycles. The highest BCUT2D eigenvalue weighted by molar-refractivity contribution is 9.10. The standard InChI is InChI=1S/C17H22O7S.C16H28Br2O6.C16H20O7S.C15H20BrNO3.C14H18BrNO3.C14H23BrO5.C13H22BrNO3/c1-12(2)15(18)22-10-11-23-16(19)17(4,5)24-25(20,21)14-8-6-13(3)7-9-14;1-12(2)13(19)20-10-16(7,24-23-9-15(5,6)18)11-22-21-8-14(3,4)17;1-11(2)15(17)21-9-10-22-16(18)13(4)23-24(19,20)14-7-5-12(3)6-8-14;1-11(2)14(18)17-13-8-6-5-7-12(13)9-19-20-10-15(3,4)16;1-10(2)13(17)16-11-5-7-12(8-6-11)19-18-9-14(3,4)15;1-6-7-17-8-12(9-18-13(16)11(2)3)20-19-10-14(4,5)15;1-10(2)12(16)15-7-5-11(6-8-15)18-17-9-13(3,4)14/h6-9H,1,10-11H2,2-5H3;1,8-11H2,2-7H3;5-8,13H,1,9-10H2,2-4H3;5-8H,1,9-10H2,2-4H3,(H,17,18);5-8H,1,9H2,2-4H3,(H,16,17);6,12H,1-2,7-10H2,3-5H3;11H,1,5-9H2,2-4H3. The highest BCUT2D eigenvalue weighted by Crippen LogP contribution is 2.29. The van der Waals surface area contributed by atoms with Crippen LogP contribution in [0.25, 0.3) is 0 Å². The van der Waals surface area contributed by atoms with Crippen LogP contribution < -0.4 is 15.5 Å². The quantitative estimate of drug-likeness (QED) is 0.00477. The summed E-state index contributed by atoms with van der Waals surface area (Å²) in [4.78, 5) is 168. The molecule has 3 unspecified atom stereocenters. The zero-order chi connectivity index (χ0) is 116. The zero-order valence-corrected chi connectivity index (χ0v) is 102. The van der Waals surface area contributed by atoms with E-state index in [9.17, 15) is 60.0 Å². The van der Waals surface area contributed by atoms with Gasteiger partial charge in [0, 0.05) is 95.0 Å². The van der Waals surface area contributed by atoms with Crippen LogP contribution in [0, 0.1) is 13.8 Å². The Bertz CT molecular complexity index is 5190. The predicted molar refractivity (Wildman–Crippen MR) is 593 cm³/mol. The largest absolute Gasteiger partial charge is 0.460 e. The molecule has 5 rings (SSSR count). The number of aryl methyl sites for hydroxylation is 2. The second-order valence-corrected chi connectivity index (χ2v) is 54.3. The van der Waals surface area contributed by atoms with E-state index in [1.165, 1.54) is 58.9 Å². The van der Waals surface area contributed by atoms with E-state index in [-0.39, 0.29) is 130 Å². The topological polar surface area (TPSA) is 443 Å². The summed E-state index contributed by atoms with van der Waals surface area (Å²) in [5, 5.41) is 5.49. The molecular formula is C105H153Br6N3O34S2. The molecule has 0 saturated carbocycles. The Balaban J connectivity index is 0. The van der Waals surface area contributed by atoms with Crippen molar-refractivity contribution >= 4 is 181 Å². The number of hydrogen-bond acceptors (Lipinski definition) is 34. The van der Waals surface area contributed by atoms with Crippen LogP contribution in [-0.2, 0) is 165 Å². The van der Waals surface area contributed by atoms with Crippen LogP contribution >= 0.6 is 95.6 Å². The van der Waals surface area contributed by atoms with Crippen molar-refractivity contribution in [3.8, 4) is 5.75 Å². The van der Waals surface area contributed by atoms with Gasteiger partial charge in [-0.2, -0.15) is 21.7 Å². The Morgan fingerprint density at radius 2 is 0.847 bits per heavy atom. The molecule has 3 atom stereocenters. The third-order valence-corrected chi connectivity index (χ3v) is 21.5.